The molecule has 2 fully saturated rings. The number of nitrogens with zero attached hydrogens (tertiary/aromatic N) is 6. The van der Waals surface area contributed by atoms with E-state index in [1.807, 2.05) is 29.4 Å². The van der Waals surface area contributed by atoms with Crippen molar-refractivity contribution in [1.29, 1.82) is 0 Å². The summed E-state index contributed by atoms with van der Waals surface area (Å²) in [6, 6.07) is 0. The van der Waals surface area contributed by atoms with Crippen LogP contribution in [0.5, 0.6) is 0 Å². The zero-order valence-electron chi connectivity index (χ0n) is 23.1. The lowest BCUT2D eigenvalue weighted by molar-refractivity contribution is 0.246. The number of nitrogens with two attached hydrogens (primary N) is 2. The fourth-order valence-corrected chi connectivity index (χ4v) is 7.15. The topological polar surface area (TPSA) is 162 Å². The van der Waals surface area contributed by atoms with Crippen molar-refractivity contribution in [3.05, 3.63) is 23.8 Å². The Hall–Kier alpha value is -2.16. The highest BCUT2D eigenvalue weighted by Crippen LogP contribution is 2.23. The smallest absolute Gasteiger partial charge is 0.213 e. The Morgan fingerprint density at radius 1 is 0.816 bits per heavy atom. The summed E-state index contributed by atoms with van der Waals surface area (Å²) in [5, 5.41) is 8.60. The summed E-state index contributed by atoms with van der Waals surface area (Å²) in [7, 11) is -6.06. The van der Waals surface area contributed by atoms with Crippen LogP contribution in [0.15, 0.2) is 12.4 Å². The SMILES string of the molecule is CCS(=O)(=O)N1CCC(Cn2cc(N)c(C)n2)CC1.CCS(=O)(=O)N1CCC(Cn2ncc(N)c2C)CC1. The summed E-state index contributed by atoms with van der Waals surface area (Å²) in [5.74, 6) is 1.32. The maximum absolute atomic E-state index is 11.8. The number of aryl methyl sites for hydroxylation is 1. The minimum atomic E-state index is -3.03. The second-order valence-corrected chi connectivity index (χ2v) is 14.8. The zero-order chi connectivity index (χ0) is 28.1. The van der Waals surface area contributed by atoms with E-state index in [1.165, 1.54) is 0 Å². The second kappa shape index (κ2) is 12.8. The molecule has 12 nitrogen and oxygen atoms in total. The fraction of sp³-hybridized carbons (Fsp3) is 0.750. The Morgan fingerprint density at radius 2 is 1.29 bits per heavy atom. The van der Waals surface area contributed by atoms with E-state index in [-0.39, 0.29) is 11.5 Å². The number of hydrogen-bond acceptors (Lipinski definition) is 8. The van der Waals surface area contributed by atoms with E-state index in [9.17, 15) is 16.8 Å². The van der Waals surface area contributed by atoms with Gasteiger partial charge in [0.2, 0.25) is 20.0 Å². The Labute approximate surface area is 227 Å². The minimum Gasteiger partial charge on any atom is -0.396 e. The first-order valence-electron chi connectivity index (χ1n) is 13.4. The van der Waals surface area contributed by atoms with Gasteiger partial charge < -0.3 is 11.5 Å². The van der Waals surface area contributed by atoms with Crippen molar-refractivity contribution in [3.8, 4) is 0 Å². The van der Waals surface area contributed by atoms with Crippen LogP contribution >= 0.6 is 0 Å². The van der Waals surface area contributed by atoms with Crippen LogP contribution in [0, 0.1) is 25.7 Å². The van der Waals surface area contributed by atoms with Crippen LogP contribution in [0.4, 0.5) is 11.4 Å². The summed E-state index contributed by atoms with van der Waals surface area (Å²) in [6.07, 6.45) is 7.07. The Balaban J connectivity index is 0.000000211. The number of hydrogen-bond donors (Lipinski definition) is 2. The molecule has 0 bridgehead atoms. The average Bonchev–Trinajstić information content (AvgIpc) is 3.39. The van der Waals surface area contributed by atoms with Crippen LogP contribution in [0.1, 0.15) is 50.9 Å². The highest BCUT2D eigenvalue weighted by Gasteiger charge is 2.28. The summed E-state index contributed by atoms with van der Waals surface area (Å²) in [4.78, 5) is 0. The lowest BCUT2D eigenvalue weighted by atomic mass is 9.98. The molecule has 4 heterocycles. The maximum atomic E-state index is 11.8. The largest absolute Gasteiger partial charge is 0.396 e. The maximum Gasteiger partial charge on any atom is 0.213 e. The molecular formula is C24H44N8O4S2. The highest BCUT2D eigenvalue weighted by molar-refractivity contribution is 7.89. The molecule has 0 aromatic carbocycles. The monoisotopic (exact) mass is 572 g/mol. The van der Waals surface area contributed by atoms with Gasteiger partial charge in [0.05, 0.1) is 40.5 Å². The van der Waals surface area contributed by atoms with Gasteiger partial charge in [0.15, 0.2) is 0 Å². The summed E-state index contributed by atoms with van der Waals surface area (Å²) < 4.78 is 54.1. The van der Waals surface area contributed by atoms with E-state index in [2.05, 4.69) is 10.2 Å². The predicted octanol–water partition coefficient (Wildman–Crippen LogP) is 1.67. The first kappa shape index (κ1) is 30.4. The fourth-order valence-electron chi connectivity index (χ4n) is 4.89. The van der Waals surface area contributed by atoms with Crippen molar-refractivity contribution in [3.63, 3.8) is 0 Å². The van der Waals surface area contributed by atoms with Gasteiger partial charge in [0.1, 0.15) is 0 Å². The van der Waals surface area contributed by atoms with Gasteiger partial charge in [0.25, 0.3) is 0 Å². The van der Waals surface area contributed by atoms with Crippen molar-refractivity contribution in [2.45, 2.75) is 66.5 Å². The molecule has 2 aliphatic rings. The highest BCUT2D eigenvalue weighted by atomic mass is 32.2. The number of aromatic nitrogens is 4. The van der Waals surface area contributed by atoms with E-state index >= 15 is 0 Å². The van der Waals surface area contributed by atoms with Crippen molar-refractivity contribution < 1.29 is 16.8 Å². The molecule has 38 heavy (non-hydrogen) atoms. The van der Waals surface area contributed by atoms with E-state index < -0.39 is 20.0 Å². The van der Waals surface area contributed by atoms with Crippen LogP contribution in [0.25, 0.3) is 0 Å². The van der Waals surface area contributed by atoms with Crippen LogP contribution in [0.3, 0.4) is 0 Å². The molecular weight excluding hydrogens is 528 g/mol. The molecule has 0 aliphatic carbocycles. The molecule has 2 aliphatic heterocycles. The van der Waals surface area contributed by atoms with Gasteiger partial charge in [-0.2, -0.15) is 10.2 Å². The molecule has 0 spiro atoms. The van der Waals surface area contributed by atoms with Crippen LogP contribution in [0.2, 0.25) is 0 Å². The summed E-state index contributed by atoms with van der Waals surface area (Å²) in [5.41, 5.74) is 14.8. The number of piperidine rings is 2. The molecule has 216 valence electrons. The van der Waals surface area contributed by atoms with Gasteiger partial charge in [-0.25, -0.2) is 25.4 Å². The second-order valence-electron chi connectivity index (χ2n) is 10.2. The molecule has 2 saturated heterocycles. The Bertz CT molecular complexity index is 1240. The summed E-state index contributed by atoms with van der Waals surface area (Å²) in [6.45, 7) is 11.4. The molecule has 0 amide bonds. The van der Waals surface area contributed by atoms with E-state index in [0.29, 0.717) is 49.4 Å². The van der Waals surface area contributed by atoms with Crippen molar-refractivity contribution in [1.82, 2.24) is 28.2 Å². The third-order valence-corrected chi connectivity index (χ3v) is 11.4. The van der Waals surface area contributed by atoms with Crippen molar-refractivity contribution >= 4 is 31.4 Å². The van der Waals surface area contributed by atoms with Crippen LogP contribution in [-0.4, -0.2) is 82.7 Å². The number of nitrogen functional groups attached to an aromatic ring is 2. The number of anilines is 2. The lowest BCUT2D eigenvalue weighted by Crippen LogP contribution is -2.40. The lowest BCUT2D eigenvalue weighted by Gasteiger charge is -2.31. The van der Waals surface area contributed by atoms with Gasteiger partial charge in [0, 0.05) is 45.5 Å². The van der Waals surface area contributed by atoms with Gasteiger partial charge in [-0.15, -0.1) is 0 Å². The molecule has 2 aromatic heterocycles. The van der Waals surface area contributed by atoms with E-state index in [4.69, 9.17) is 11.5 Å². The van der Waals surface area contributed by atoms with Gasteiger partial charge >= 0.3 is 0 Å². The molecule has 2 aromatic rings. The average molecular weight is 573 g/mol. The van der Waals surface area contributed by atoms with Gasteiger partial charge in [-0.05, 0) is 65.2 Å². The van der Waals surface area contributed by atoms with Crippen molar-refractivity contribution in [2.24, 2.45) is 11.8 Å². The molecule has 0 radical (unpaired) electrons. The molecule has 0 unspecified atom stereocenters. The number of rotatable bonds is 8. The van der Waals surface area contributed by atoms with Crippen LogP contribution < -0.4 is 11.5 Å². The van der Waals surface area contributed by atoms with Crippen LogP contribution in [-0.2, 0) is 33.1 Å². The van der Waals surface area contributed by atoms with Gasteiger partial charge in [-0.1, -0.05) is 0 Å². The standard InChI is InChI=1S/2C12H22N4O2S/c1-3-19(17,18)15-6-4-11(5-7-15)9-16-10(2)12(13)8-14-16;1-3-19(17,18)16-6-4-11(5-7-16)8-15-9-12(13)10(2)14-15/h8,11H,3-7,9,13H2,1-2H3;9,11H,3-8,13H2,1-2H3. The minimum absolute atomic E-state index is 0.187. The zero-order valence-corrected chi connectivity index (χ0v) is 24.7. The molecule has 4 rings (SSSR count). The van der Waals surface area contributed by atoms with Gasteiger partial charge in [-0.3, -0.25) is 9.36 Å². The first-order valence-corrected chi connectivity index (χ1v) is 16.6. The van der Waals surface area contributed by atoms with E-state index in [0.717, 1.165) is 50.2 Å². The quantitative estimate of drug-likeness (QED) is 0.483. The molecule has 0 atom stereocenters. The predicted molar refractivity (Wildman–Crippen MR) is 150 cm³/mol. The number of sulfonamides is 2. The van der Waals surface area contributed by atoms with Crippen molar-refractivity contribution in [2.75, 3.05) is 49.2 Å². The third kappa shape index (κ3) is 7.70. The molecule has 0 saturated carbocycles. The Kier molecular flexibility index (Phi) is 10.2. The molecule has 14 heteroatoms. The van der Waals surface area contributed by atoms with E-state index in [1.54, 1.807) is 28.7 Å². The molecule has 4 N–H and O–H groups in total. The first-order chi connectivity index (χ1) is 17.9. The third-order valence-electron chi connectivity index (χ3n) is 7.67. The Morgan fingerprint density at radius 3 is 1.66 bits per heavy atom. The normalized spacial score (nSPS) is 18.8. The summed E-state index contributed by atoms with van der Waals surface area (Å²) >= 11 is 0.